The van der Waals surface area contributed by atoms with E-state index in [1.165, 1.54) is 25.1 Å². The predicted molar refractivity (Wildman–Crippen MR) is 130 cm³/mol. The summed E-state index contributed by atoms with van der Waals surface area (Å²) in [5.41, 5.74) is 1.77. The van der Waals surface area contributed by atoms with Crippen molar-refractivity contribution in [2.45, 2.75) is 24.3 Å². The van der Waals surface area contributed by atoms with Gasteiger partial charge >= 0.3 is 0 Å². The smallest absolute Gasteiger partial charge is 0.242 e. The van der Waals surface area contributed by atoms with Crippen LogP contribution in [0.4, 0.5) is 11.4 Å². The molecule has 1 atom stereocenters. The Hall–Kier alpha value is -2.91. The Labute approximate surface area is 202 Å². The molecule has 33 heavy (non-hydrogen) atoms. The molecular formula is C23H21Cl2N3O4S. The molecule has 0 saturated heterocycles. The van der Waals surface area contributed by atoms with Gasteiger partial charge in [-0.3, -0.25) is 9.59 Å². The van der Waals surface area contributed by atoms with E-state index in [0.717, 1.165) is 5.56 Å². The first kappa shape index (κ1) is 24.7. The molecule has 0 aliphatic heterocycles. The lowest BCUT2D eigenvalue weighted by Crippen LogP contribution is -2.45. The average Bonchev–Trinajstić information content (AvgIpc) is 2.76. The highest BCUT2D eigenvalue weighted by Crippen LogP contribution is 2.25. The largest absolute Gasteiger partial charge is 0.326 e. The van der Waals surface area contributed by atoms with Gasteiger partial charge in [-0.05, 0) is 54.4 Å². The molecule has 2 amide bonds. The van der Waals surface area contributed by atoms with Crippen LogP contribution < -0.4 is 15.4 Å². The lowest BCUT2D eigenvalue weighted by atomic mass is 10.1. The molecule has 3 aromatic carbocycles. The number of nitrogens with one attached hydrogen (secondary N) is 3. The van der Waals surface area contributed by atoms with Crippen LogP contribution >= 0.6 is 23.2 Å². The number of benzene rings is 3. The Morgan fingerprint density at radius 3 is 2.09 bits per heavy atom. The number of carbonyl (C=O) groups is 2. The summed E-state index contributed by atoms with van der Waals surface area (Å²) in [5.74, 6) is -0.781. The van der Waals surface area contributed by atoms with Crippen LogP contribution in [0.2, 0.25) is 10.0 Å². The highest BCUT2D eigenvalue weighted by Gasteiger charge is 2.28. The second kappa shape index (κ2) is 10.8. The molecule has 172 valence electrons. The molecule has 3 rings (SSSR count). The highest BCUT2D eigenvalue weighted by atomic mass is 35.5. The van der Waals surface area contributed by atoms with Crippen LogP contribution in [0, 0.1) is 0 Å². The van der Waals surface area contributed by atoms with E-state index in [1.54, 1.807) is 48.5 Å². The second-order valence-electron chi connectivity index (χ2n) is 7.19. The zero-order valence-electron chi connectivity index (χ0n) is 17.5. The maximum absolute atomic E-state index is 13.1. The van der Waals surface area contributed by atoms with Crippen LogP contribution in [-0.4, -0.2) is 26.3 Å². The molecular weight excluding hydrogens is 485 g/mol. The first-order valence-electron chi connectivity index (χ1n) is 9.84. The molecule has 0 radical (unpaired) electrons. The van der Waals surface area contributed by atoms with Gasteiger partial charge in [0.25, 0.3) is 0 Å². The molecule has 0 heterocycles. The number of halogens is 2. The first-order chi connectivity index (χ1) is 15.6. The first-order valence-corrected chi connectivity index (χ1v) is 12.1. The SMILES string of the molecule is CC(=O)Nc1ccc(NC(=O)[C@H](Cc2ccccc2)NS(=O)(=O)c2cc(Cl)ccc2Cl)cc1. The molecule has 0 aliphatic rings. The molecule has 3 aromatic rings. The standard InChI is InChI=1S/C23H21Cl2N3O4S/c1-15(29)26-18-8-10-19(11-9-18)27-23(30)21(13-16-5-3-2-4-6-16)28-33(31,32)22-14-17(24)7-12-20(22)25/h2-12,14,21,28H,13H2,1H3,(H,26,29)(H,27,30)/t21-/m0/s1. The summed E-state index contributed by atoms with van der Waals surface area (Å²) in [7, 11) is -4.16. The van der Waals surface area contributed by atoms with Crippen LogP contribution in [-0.2, 0) is 26.0 Å². The van der Waals surface area contributed by atoms with Gasteiger partial charge in [0, 0.05) is 23.3 Å². The quantitative estimate of drug-likeness (QED) is 0.419. The van der Waals surface area contributed by atoms with Gasteiger partial charge in [-0.25, -0.2) is 8.42 Å². The predicted octanol–water partition coefficient (Wildman–Crippen LogP) is 4.48. The Morgan fingerprint density at radius 2 is 1.48 bits per heavy atom. The minimum Gasteiger partial charge on any atom is -0.326 e. The third-order valence-corrected chi connectivity index (χ3v) is 6.74. The van der Waals surface area contributed by atoms with Gasteiger partial charge in [-0.15, -0.1) is 0 Å². The summed E-state index contributed by atoms with van der Waals surface area (Å²) in [6.45, 7) is 1.39. The van der Waals surface area contributed by atoms with Crippen molar-refractivity contribution >= 4 is 56.4 Å². The van der Waals surface area contributed by atoms with Gasteiger partial charge in [-0.1, -0.05) is 53.5 Å². The zero-order chi connectivity index (χ0) is 24.0. The Bertz CT molecular complexity index is 1250. The Kier molecular flexibility index (Phi) is 8.10. The van der Waals surface area contributed by atoms with Crippen molar-refractivity contribution in [3.8, 4) is 0 Å². The summed E-state index contributed by atoms with van der Waals surface area (Å²) in [5, 5.41) is 5.52. The van der Waals surface area contributed by atoms with Crippen molar-refractivity contribution in [2.75, 3.05) is 10.6 Å². The van der Waals surface area contributed by atoms with Crippen LogP contribution in [0.25, 0.3) is 0 Å². The minimum atomic E-state index is -4.16. The molecule has 7 nitrogen and oxygen atoms in total. The topological polar surface area (TPSA) is 104 Å². The fraction of sp³-hybridized carbons (Fsp3) is 0.130. The normalized spacial score (nSPS) is 12.1. The van der Waals surface area contributed by atoms with E-state index >= 15 is 0 Å². The van der Waals surface area contributed by atoms with Crippen molar-refractivity contribution in [2.24, 2.45) is 0 Å². The van der Waals surface area contributed by atoms with Gasteiger partial charge < -0.3 is 10.6 Å². The van der Waals surface area contributed by atoms with Gasteiger partial charge in [0.2, 0.25) is 21.8 Å². The maximum atomic E-state index is 13.1. The van der Waals surface area contributed by atoms with Crippen LogP contribution in [0.5, 0.6) is 0 Å². The summed E-state index contributed by atoms with van der Waals surface area (Å²) >= 11 is 12.0. The summed E-state index contributed by atoms with van der Waals surface area (Å²) in [6, 6.07) is 18.4. The van der Waals surface area contributed by atoms with Crippen LogP contribution in [0.1, 0.15) is 12.5 Å². The second-order valence-corrected chi connectivity index (χ2v) is 9.71. The number of hydrogen-bond acceptors (Lipinski definition) is 4. The van der Waals surface area contributed by atoms with Gasteiger partial charge in [0.15, 0.2) is 0 Å². The number of hydrogen-bond donors (Lipinski definition) is 3. The van der Waals surface area contributed by atoms with E-state index in [9.17, 15) is 18.0 Å². The fourth-order valence-corrected chi connectivity index (χ4v) is 5.00. The minimum absolute atomic E-state index is 0.0145. The van der Waals surface area contributed by atoms with E-state index in [0.29, 0.717) is 11.4 Å². The van der Waals surface area contributed by atoms with E-state index in [2.05, 4.69) is 15.4 Å². The summed E-state index contributed by atoms with van der Waals surface area (Å²) in [4.78, 5) is 24.0. The number of anilines is 2. The Morgan fingerprint density at radius 1 is 0.879 bits per heavy atom. The molecule has 0 bridgehead atoms. The van der Waals surface area contributed by atoms with Crippen molar-refractivity contribution < 1.29 is 18.0 Å². The molecule has 0 aromatic heterocycles. The van der Waals surface area contributed by atoms with Crippen LogP contribution in [0.15, 0.2) is 77.7 Å². The summed E-state index contributed by atoms with van der Waals surface area (Å²) < 4.78 is 28.5. The van der Waals surface area contributed by atoms with Gasteiger partial charge in [0.1, 0.15) is 10.9 Å². The third-order valence-electron chi connectivity index (χ3n) is 4.55. The molecule has 3 N–H and O–H groups in total. The van der Waals surface area contributed by atoms with Gasteiger partial charge in [0.05, 0.1) is 5.02 Å². The molecule has 0 unspecified atom stereocenters. The monoisotopic (exact) mass is 505 g/mol. The van der Waals surface area contributed by atoms with Crippen molar-refractivity contribution in [1.82, 2.24) is 4.72 Å². The van der Waals surface area contributed by atoms with E-state index in [4.69, 9.17) is 23.2 Å². The average molecular weight is 506 g/mol. The third kappa shape index (κ3) is 7.03. The van der Waals surface area contributed by atoms with Crippen molar-refractivity contribution in [3.63, 3.8) is 0 Å². The fourth-order valence-electron chi connectivity index (χ4n) is 3.04. The number of sulfonamides is 1. The number of rotatable bonds is 8. The van der Waals surface area contributed by atoms with Crippen LogP contribution in [0.3, 0.4) is 0 Å². The molecule has 0 aliphatic carbocycles. The van der Waals surface area contributed by atoms with Gasteiger partial charge in [-0.2, -0.15) is 4.72 Å². The molecule has 0 saturated carbocycles. The molecule has 0 spiro atoms. The van der Waals surface area contributed by atoms with E-state index in [1.807, 2.05) is 6.07 Å². The van der Waals surface area contributed by atoms with Crippen molar-refractivity contribution in [3.05, 3.63) is 88.4 Å². The molecule has 10 heteroatoms. The maximum Gasteiger partial charge on any atom is 0.242 e. The van der Waals surface area contributed by atoms with E-state index in [-0.39, 0.29) is 27.3 Å². The lowest BCUT2D eigenvalue weighted by Gasteiger charge is -2.19. The Balaban J connectivity index is 1.85. The summed E-state index contributed by atoms with van der Waals surface area (Å²) in [6.07, 6.45) is 0.105. The van der Waals surface area contributed by atoms with E-state index < -0.39 is 22.0 Å². The molecule has 0 fully saturated rings. The highest BCUT2D eigenvalue weighted by molar-refractivity contribution is 7.89. The zero-order valence-corrected chi connectivity index (χ0v) is 19.8. The van der Waals surface area contributed by atoms with Crippen molar-refractivity contribution in [1.29, 1.82) is 0 Å². The lowest BCUT2D eigenvalue weighted by molar-refractivity contribution is -0.117. The number of carbonyl (C=O) groups excluding carboxylic acids is 2. The number of amides is 2.